The summed E-state index contributed by atoms with van der Waals surface area (Å²) < 4.78 is 1.70. The van der Waals surface area contributed by atoms with Crippen LogP contribution < -0.4 is 0 Å². The Kier molecular flexibility index (Phi) is 6.18. The Labute approximate surface area is 167 Å². The van der Waals surface area contributed by atoms with Gasteiger partial charge in [0.05, 0.1) is 5.56 Å². The lowest BCUT2D eigenvalue weighted by atomic mass is 9.95. The van der Waals surface area contributed by atoms with Crippen molar-refractivity contribution >= 4 is 18.0 Å². The molecule has 3 aromatic rings. The summed E-state index contributed by atoms with van der Waals surface area (Å²) in [5, 5.41) is 25.4. The zero-order chi connectivity index (χ0) is 21.0. The smallest absolute Gasteiger partial charge is 0.290 e. The monoisotopic (exact) mass is 397 g/mol. The number of hydrogen-bond donors (Lipinski definition) is 2. The van der Waals surface area contributed by atoms with Gasteiger partial charge < -0.3 is 15.1 Å². The molecule has 2 N–H and O–H groups in total. The van der Waals surface area contributed by atoms with Crippen molar-refractivity contribution in [3.63, 3.8) is 0 Å². The first-order chi connectivity index (χ1) is 14.0. The number of likely N-dealkylation sites (tertiary alicyclic amines) is 1. The first-order valence-corrected chi connectivity index (χ1v) is 9.27. The molecule has 1 saturated heterocycles. The SMILES string of the molecule is CC(C)C(O)c1nnc2ccc(C(=O)N3CC(c4ccccn4)C3)cn12.O=CO. The van der Waals surface area contributed by atoms with Gasteiger partial charge >= 0.3 is 0 Å². The molecule has 1 atom stereocenters. The molecule has 1 aliphatic heterocycles. The molecule has 29 heavy (non-hydrogen) atoms. The normalized spacial score (nSPS) is 14.8. The van der Waals surface area contributed by atoms with Gasteiger partial charge in [0, 0.05) is 37.1 Å². The summed E-state index contributed by atoms with van der Waals surface area (Å²) in [4.78, 5) is 27.3. The van der Waals surface area contributed by atoms with Crippen LogP contribution in [0.1, 0.15) is 47.7 Å². The van der Waals surface area contributed by atoms with Crippen molar-refractivity contribution in [1.29, 1.82) is 0 Å². The first kappa shape index (κ1) is 20.4. The van der Waals surface area contributed by atoms with Gasteiger partial charge in [-0.25, -0.2) is 0 Å². The molecule has 0 radical (unpaired) electrons. The molecule has 0 bridgehead atoms. The van der Waals surface area contributed by atoms with Gasteiger partial charge in [-0.05, 0) is 30.2 Å². The summed E-state index contributed by atoms with van der Waals surface area (Å²) in [5.74, 6) is 0.728. The van der Waals surface area contributed by atoms with Gasteiger partial charge in [0.15, 0.2) is 11.5 Å². The number of aromatic nitrogens is 4. The van der Waals surface area contributed by atoms with Gasteiger partial charge in [-0.1, -0.05) is 19.9 Å². The van der Waals surface area contributed by atoms with Crippen molar-refractivity contribution in [2.75, 3.05) is 13.1 Å². The second-order valence-electron chi connectivity index (χ2n) is 7.16. The summed E-state index contributed by atoms with van der Waals surface area (Å²) >= 11 is 0. The molecule has 1 aliphatic rings. The Morgan fingerprint density at radius 2 is 1.93 bits per heavy atom. The zero-order valence-electron chi connectivity index (χ0n) is 16.2. The number of pyridine rings is 2. The van der Waals surface area contributed by atoms with Crippen LogP contribution in [0.5, 0.6) is 0 Å². The second-order valence-corrected chi connectivity index (χ2v) is 7.16. The van der Waals surface area contributed by atoms with Gasteiger partial charge in [-0.2, -0.15) is 0 Å². The number of aliphatic hydroxyl groups is 1. The van der Waals surface area contributed by atoms with Crippen LogP contribution in [0.4, 0.5) is 0 Å². The molecule has 0 aliphatic carbocycles. The highest BCUT2D eigenvalue weighted by atomic mass is 16.3. The molecule has 1 fully saturated rings. The van der Waals surface area contributed by atoms with Crippen molar-refractivity contribution < 1.29 is 19.8 Å². The van der Waals surface area contributed by atoms with Crippen LogP contribution in [-0.2, 0) is 4.79 Å². The standard InChI is InChI=1S/C19H21N5O2.CH2O2/c1-12(2)17(25)18-22-21-16-7-6-13(11-24(16)18)19(26)23-9-14(10-23)15-5-3-4-8-20-15;2-1-3/h3-8,11-12,14,17,25H,9-10H2,1-2H3;1H,(H,2,3). The fourth-order valence-corrected chi connectivity index (χ4v) is 3.17. The van der Waals surface area contributed by atoms with Crippen molar-refractivity contribution in [3.05, 3.63) is 59.8 Å². The highest BCUT2D eigenvalue weighted by Gasteiger charge is 2.33. The van der Waals surface area contributed by atoms with E-state index in [0.717, 1.165) is 5.69 Å². The lowest BCUT2D eigenvalue weighted by Crippen LogP contribution is -2.48. The summed E-state index contributed by atoms with van der Waals surface area (Å²) in [6.07, 6.45) is 2.77. The van der Waals surface area contributed by atoms with Gasteiger partial charge in [-0.15, -0.1) is 10.2 Å². The predicted octanol–water partition coefficient (Wildman–Crippen LogP) is 1.75. The Balaban J connectivity index is 0.000000755. The molecular weight excluding hydrogens is 374 g/mol. The molecule has 4 rings (SSSR count). The van der Waals surface area contributed by atoms with Crippen LogP contribution in [-0.4, -0.2) is 60.2 Å². The van der Waals surface area contributed by atoms with Crippen molar-refractivity contribution in [1.82, 2.24) is 24.5 Å². The Morgan fingerprint density at radius 3 is 2.55 bits per heavy atom. The second kappa shape index (κ2) is 8.78. The van der Waals surface area contributed by atoms with E-state index in [4.69, 9.17) is 9.90 Å². The minimum atomic E-state index is -0.729. The van der Waals surface area contributed by atoms with Gasteiger partial charge in [0.1, 0.15) is 6.10 Å². The van der Waals surface area contributed by atoms with Crippen LogP contribution in [0, 0.1) is 5.92 Å². The maximum atomic E-state index is 12.8. The summed E-state index contributed by atoms with van der Waals surface area (Å²) in [6.45, 7) is 4.91. The number of carbonyl (C=O) groups is 2. The zero-order valence-corrected chi connectivity index (χ0v) is 16.2. The molecule has 9 heteroatoms. The largest absolute Gasteiger partial charge is 0.483 e. The summed E-state index contributed by atoms with van der Waals surface area (Å²) in [6, 6.07) is 9.37. The highest BCUT2D eigenvalue weighted by Crippen LogP contribution is 2.27. The molecule has 1 amide bonds. The fourth-order valence-electron chi connectivity index (χ4n) is 3.17. The third-order valence-corrected chi connectivity index (χ3v) is 4.85. The highest BCUT2D eigenvalue weighted by molar-refractivity contribution is 5.94. The van der Waals surface area contributed by atoms with E-state index in [1.807, 2.05) is 36.9 Å². The number of aliphatic hydroxyl groups excluding tert-OH is 1. The number of rotatable bonds is 4. The van der Waals surface area contributed by atoms with Gasteiger partial charge in [0.2, 0.25) is 0 Å². The predicted molar refractivity (Wildman–Crippen MR) is 104 cm³/mol. The maximum Gasteiger partial charge on any atom is 0.290 e. The van der Waals surface area contributed by atoms with Crippen LogP contribution in [0.2, 0.25) is 0 Å². The third kappa shape index (κ3) is 4.24. The van der Waals surface area contributed by atoms with E-state index in [1.54, 1.807) is 28.9 Å². The van der Waals surface area contributed by atoms with Crippen LogP contribution >= 0.6 is 0 Å². The molecule has 9 nitrogen and oxygen atoms in total. The van der Waals surface area contributed by atoms with Crippen molar-refractivity contribution in [2.24, 2.45) is 5.92 Å². The quantitative estimate of drug-likeness (QED) is 0.643. The fraction of sp³-hybridized carbons (Fsp3) is 0.350. The van der Waals surface area contributed by atoms with Gasteiger partial charge in [0.25, 0.3) is 12.4 Å². The number of amides is 1. The van der Waals surface area contributed by atoms with E-state index in [-0.39, 0.29) is 24.2 Å². The van der Waals surface area contributed by atoms with E-state index in [1.165, 1.54) is 0 Å². The van der Waals surface area contributed by atoms with Gasteiger partial charge in [-0.3, -0.25) is 19.0 Å². The molecular formula is C20H23N5O4. The molecule has 152 valence electrons. The molecule has 3 aromatic heterocycles. The van der Waals surface area contributed by atoms with E-state index in [2.05, 4.69) is 15.2 Å². The number of carbonyl (C=O) groups excluding carboxylic acids is 1. The Bertz CT molecular complexity index is 983. The average Bonchev–Trinajstić information content (AvgIpc) is 3.10. The Hall–Kier alpha value is -3.33. The summed E-state index contributed by atoms with van der Waals surface area (Å²) in [5.41, 5.74) is 2.20. The van der Waals surface area contributed by atoms with Crippen LogP contribution in [0.15, 0.2) is 42.7 Å². The number of nitrogens with zero attached hydrogens (tertiary/aromatic N) is 5. The maximum absolute atomic E-state index is 12.8. The van der Waals surface area contributed by atoms with E-state index >= 15 is 0 Å². The third-order valence-electron chi connectivity index (χ3n) is 4.85. The topological polar surface area (TPSA) is 121 Å². The lowest BCUT2D eigenvalue weighted by molar-refractivity contribution is -0.122. The lowest BCUT2D eigenvalue weighted by Gasteiger charge is -2.39. The Morgan fingerprint density at radius 1 is 1.21 bits per heavy atom. The van der Waals surface area contributed by atoms with E-state index < -0.39 is 6.10 Å². The number of carboxylic acid groups (broad SMARTS) is 1. The minimum Gasteiger partial charge on any atom is -0.483 e. The first-order valence-electron chi connectivity index (χ1n) is 9.27. The summed E-state index contributed by atoms with van der Waals surface area (Å²) in [7, 11) is 0. The molecule has 0 spiro atoms. The molecule has 0 saturated carbocycles. The minimum absolute atomic E-state index is 0.0104. The average molecular weight is 397 g/mol. The van der Waals surface area contributed by atoms with Crippen LogP contribution in [0.25, 0.3) is 5.65 Å². The molecule has 4 heterocycles. The van der Waals surface area contributed by atoms with E-state index in [9.17, 15) is 9.90 Å². The molecule has 1 unspecified atom stereocenters. The molecule has 0 aromatic carbocycles. The van der Waals surface area contributed by atoms with Crippen molar-refractivity contribution in [2.45, 2.75) is 25.9 Å². The number of hydrogen-bond acceptors (Lipinski definition) is 6. The van der Waals surface area contributed by atoms with Crippen molar-refractivity contribution in [3.8, 4) is 0 Å². The number of fused-ring (bicyclic) bond motifs is 1. The van der Waals surface area contributed by atoms with Crippen LogP contribution in [0.3, 0.4) is 0 Å². The van der Waals surface area contributed by atoms with E-state index in [0.29, 0.717) is 30.1 Å².